The summed E-state index contributed by atoms with van der Waals surface area (Å²) in [4.78, 5) is 2.35. The third-order valence-corrected chi connectivity index (χ3v) is 7.10. The highest BCUT2D eigenvalue weighted by Crippen LogP contribution is 2.23. The largest absolute Gasteiger partial charge is 0.385 e. The van der Waals surface area contributed by atoms with E-state index in [0.717, 1.165) is 51.1 Å². The molecule has 0 aromatic heterocycles. The maximum Gasteiger partial charge on any atom is 0.282 e. The Balaban J connectivity index is 1.61. The van der Waals surface area contributed by atoms with Gasteiger partial charge in [0.05, 0.1) is 0 Å². The molecular weight excluding hydrogens is 338 g/mol. The highest BCUT2D eigenvalue weighted by atomic mass is 32.2. The van der Waals surface area contributed by atoms with Gasteiger partial charge in [-0.2, -0.15) is 17.0 Å². The number of hydrogen-bond acceptors (Lipinski definition) is 4. The van der Waals surface area contributed by atoms with E-state index in [0.29, 0.717) is 26.2 Å². The molecule has 2 heterocycles. The number of fused-ring (bicyclic) bond motifs is 1. The topological polar surface area (TPSA) is 53.1 Å². The Kier molecular flexibility index (Phi) is 6.46. The fraction of sp³-hybridized carbons (Fsp3) is 0.667. The molecule has 0 bridgehead atoms. The van der Waals surface area contributed by atoms with Crippen LogP contribution < -0.4 is 0 Å². The van der Waals surface area contributed by atoms with Gasteiger partial charge in [0, 0.05) is 53.0 Å². The first-order chi connectivity index (χ1) is 12.1. The van der Waals surface area contributed by atoms with Crippen LogP contribution in [0.5, 0.6) is 0 Å². The van der Waals surface area contributed by atoms with Crippen molar-refractivity contribution in [1.29, 1.82) is 0 Å². The standard InChI is InChI=1S/C18H29N3O3S/c1-24-15-5-10-19-9-4-11-20(14-13-19)25(22,23)21-12-8-17-6-2-3-7-18(17)16-21/h2-3,6-7H,4-5,8-16H2,1H3. The first-order valence-corrected chi connectivity index (χ1v) is 10.5. The van der Waals surface area contributed by atoms with E-state index in [1.165, 1.54) is 5.56 Å². The van der Waals surface area contributed by atoms with Crippen molar-refractivity contribution in [1.82, 2.24) is 13.5 Å². The molecule has 2 aliphatic heterocycles. The Labute approximate surface area is 151 Å². The quantitative estimate of drug-likeness (QED) is 0.712. The molecule has 0 radical (unpaired) electrons. The van der Waals surface area contributed by atoms with Crippen LogP contribution in [-0.4, -0.2) is 74.9 Å². The van der Waals surface area contributed by atoms with Crippen LogP contribution in [-0.2, 0) is 27.9 Å². The molecule has 0 amide bonds. The van der Waals surface area contributed by atoms with E-state index in [9.17, 15) is 8.42 Å². The van der Waals surface area contributed by atoms with Crippen LogP contribution in [0.1, 0.15) is 24.0 Å². The number of nitrogens with zero attached hydrogens (tertiary/aromatic N) is 3. The van der Waals surface area contributed by atoms with Gasteiger partial charge in [0.25, 0.3) is 10.2 Å². The highest BCUT2D eigenvalue weighted by molar-refractivity contribution is 7.86. The summed E-state index contributed by atoms with van der Waals surface area (Å²) in [7, 11) is -1.67. The van der Waals surface area contributed by atoms with E-state index >= 15 is 0 Å². The van der Waals surface area contributed by atoms with Gasteiger partial charge in [0.15, 0.2) is 0 Å². The lowest BCUT2D eigenvalue weighted by molar-refractivity contribution is 0.173. The first kappa shape index (κ1) is 18.8. The van der Waals surface area contributed by atoms with Crippen LogP contribution >= 0.6 is 0 Å². The van der Waals surface area contributed by atoms with E-state index < -0.39 is 10.2 Å². The SMILES string of the molecule is COCCCN1CCCN(S(=O)(=O)N2CCc3ccccc3C2)CC1. The molecule has 2 aliphatic rings. The molecule has 140 valence electrons. The van der Waals surface area contributed by atoms with Crippen molar-refractivity contribution in [3.8, 4) is 0 Å². The Morgan fingerprint density at radius 1 is 1.00 bits per heavy atom. The Morgan fingerprint density at radius 2 is 1.80 bits per heavy atom. The van der Waals surface area contributed by atoms with Gasteiger partial charge in [0.1, 0.15) is 0 Å². The Morgan fingerprint density at radius 3 is 2.60 bits per heavy atom. The molecule has 0 atom stereocenters. The molecule has 3 rings (SSSR count). The summed E-state index contributed by atoms with van der Waals surface area (Å²) in [6.45, 7) is 5.74. The van der Waals surface area contributed by atoms with Crippen molar-refractivity contribution >= 4 is 10.2 Å². The van der Waals surface area contributed by atoms with Crippen molar-refractivity contribution in [2.75, 3.05) is 53.0 Å². The van der Waals surface area contributed by atoms with Gasteiger partial charge in [-0.15, -0.1) is 0 Å². The van der Waals surface area contributed by atoms with Gasteiger partial charge in [-0.1, -0.05) is 24.3 Å². The van der Waals surface area contributed by atoms with E-state index in [4.69, 9.17) is 4.74 Å². The smallest absolute Gasteiger partial charge is 0.282 e. The molecule has 6 nitrogen and oxygen atoms in total. The molecule has 0 saturated carbocycles. The minimum absolute atomic E-state index is 0.493. The zero-order chi connectivity index (χ0) is 17.7. The van der Waals surface area contributed by atoms with Gasteiger partial charge >= 0.3 is 0 Å². The number of benzene rings is 1. The molecule has 1 saturated heterocycles. The van der Waals surface area contributed by atoms with Gasteiger partial charge < -0.3 is 9.64 Å². The molecule has 0 N–H and O–H groups in total. The average Bonchev–Trinajstić information content (AvgIpc) is 2.88. The third-order valence-electron chi connectivity index (χ3n) is 5.12. The van der Waals surface area contributed by atoms with Crippen molar-refractivity contribution < 1.29 is 13.2 Å². The summed E-state index contributed by atoms with van der Waals surface area (Å²) in [5.41, 5.74) is 2.41. The lowest BCUT2D eigenvalue weighted by atomic mass is 10.0. The number of ether oxygens (including phenoxy) is 1. The summed E-state index contributed by atoms with van der Waals surface area (Å²) in [5, 5.41) is 0. The second-order valence-electron chi connectivity index (χ2n) is 6.80. The fourth-order valence-electron chi connectivity index (χ4n) is 3.66. The first-order valence-electron chi connectivity index (χ1n) is 9.14. The monoisotopic (exact) mass is 367 g/mol. The molecule has 1 aromatic rings. The van der Waals surface area contributed by atoms with E-state index in [1.54, 1.807) is 15.7 Å². The second kappa shape index (κ2) is 8.60. The molecule has 25 heavy (non-hydrogen) atoms. The zero-order valence-corrected chi connectivity index (χ0v) is 15.9. The summed E-state index contributed by atoms with van der Waals surface area (Å²) in [6.07, 6.45) is 2.68. The summed E-state index contributed by atoms with van der Waals surface area (Å²) < 4.78 is 34.6. The lowest BCUT2D eigenvalue weighted by Gasteiger charge is -2.32. The molecule has 7 heteroatoms. The molecule has 0 spiro atoms. The normalized spacial score (nSPS) is 21.0. The van der Waals surface area contributed by atoms with Gasteiger partial charge in [0.2, 0.25) is 0 Å². The van der Waals surface area contributed by atoms with Crippen LogP contribution in [0.2, 0.25) is 0 Å². The molecule has 0 unspecified atom stereocenters. The van der Waals surface area contributed by atoms with Crippen LogP contribution in [0, 0.1) is 0 Å². The van der Waals surface area contributed by atoms with Crippen LogP contribution in [0.4, 0.5) is 0 Å². The summed E-state index contributed by atoms with van der Waals surface area (Å²) in [6, 6.07) is 8.15. The fourth-order valence-corrected chi connectivity index (χ4v) is 5.29. The summed E-state index contributed by atoms with van der Waals surface area (Å²) >= 11 is 0. The van der Waals surface area contributed by atoms with Gasteiger partial charge in [-0.3, -0.25) is 0 Å². The van der Waals surface area contributed by atoms with Gasteiger partial charge in [-0.05, 0) is 36.9 Å². The molecular formula is C18H29N3O3S. The predicted molar refractivity (Wildman–Crippen MR) is 98.6 cm³/mol. The number of rotatable bonds is 6. The van der Waals surface area contributed by atoms with Crippen molar-refractivity contribution in [3.63, 3.8) is 0 Å². The summed E-state index contributed by atoms with van der Waals surface area (Å²) in [5.74, 6) is 0. The van der Waals surface area contributed by atoms with Crippen LogP contribution in [0.25, 0.3) is 0 Å². The predicted octanol–water partition coefficient (Wildman–Crippen LogP) is 1.33. The minimum atomic E-state index is -3.38. The van der Waals surface area contributed by atoms with E-state index in [-0.39, 0.29) is 0 Å². The van der Waals surface area contributed by atoms with Crippen molar-refractivity contribution in [2.45, 2.75) is 25.8 Å². The number of hydrogen-bond donors (Lipinski definition) is 0. The molecule has 1 aromatic carbocycles. The lowest BCUT2D eigenvalue weighted by Crippen LogP contribution is -2.47. The maximum absolute atomic E-state index is 13.1. The van der Waals surface area contributed by atoms with E-state index in [1.807, 2.05) is 18.2 Å². The minimum Gasteiger partial charge on any atom is -0.385 e. The third kappa shape index (κ3) is 4.60. The van der Waals surface area contributed by atoms with Crippen LogP contribution in [0.15, 0.2) is 24.3 Å². The van der Waals surface area contributed by atoms with Gasteiger partial charge in [-0.25, -0.2) is 0 Å². The molecule has 0 aliphatic carbocycles. The van der Waals surface area contributed by atoms with Crippen molar-refractivity contribution in [3.05, 3.63) is 35.4 Å². The number of methoxy groups -OCH3 is 1. The zero-order valence-electron chi connectivity index (χ0n) is 15.1. The Bertz CT molecular complexity index is 665. The highest BCUT2D eigenvalue weighted by Gasteiger charge is 2.33. The van der Waals surface area contributed by atoms with E-state index in [2.05, 4.69) is 11.0 Å². The molecule has 1 fully saturated rings. The Hall–Kier alpha value is -0.990. The average molecular weight is 368 g/mol. The van der Waals surface area contributed by atoms with Crippen LogP contribution in [0.3, 0.4) is 0 Å². The maximum atomic E-state index is 13.1. The van der Waals surface area contributed by atoms with Crippen molar-refractivity contribution in [2.24, 2.45) is 0 Å². The second-order valence-corrected chi connectivity index (χ2v) is 8.73.